The maximum Gasteiger partial charge on any atom is 0.387 e. The van der Waals surface area contributed by atoms with E-state index >= 15 is 0 Å². The van der Waals surface area contributed by atoms with Crippen molar-refractivity contribution in [1.29, 1.82) is 0 Å². The van der Waals surface area contributed by atoms with E-state index in [-0.39, 0.29) is 23.0 Å². The van der Waals surface area contributed by atoms with Gasteiger partial charge in [-0.2, -0.15) is 8.78 Å². The second-order valence-electron chi connectivity index (χ2n) is 5.82. The van der Waals surface area contributed by atoms with Crippen LogP contribution in [0.4, 0.5) is 8.78 Å². The minimum absolute atomic E-state index is 0.139. The first-order chi connectivity index (χ1) is 13.9. The Morgan fingerprint density at radius 2 is 1.83 bits per heavy atom. The fourth-order valence-electron chi connectivity index (χ4n) is 2.52. The number of hydrogen-bond donors (Lipinski definition) is 1. The molecule has 0 aliphatic rings. The van der Waals surface area contributed by atoms with Crippen molar-refractivity contribution in [3.05, 3.63) is 65.2 Å². The van der Waals surface area contributed by atoms with E-state index in [0.717, 1.165) is 5.56 Å². The van der Waals surface area contributed by atoms with Gasteiger partial charge in [0.15, 0.2) is 11.5 Å². The minimum atomic E-state index is -3.02. The predicted octanol–water partition coefficient (Wildman–Crippen LogP) is 3.46. The van der Waals surface area contributed by atoms with E-state index < -0.39 is 12.6 Å². The number of rotatable bonds is 9. The smallest absolute Gasteiger partial charge is 0.387 e. The molecule has 29 heavy (non-hydrogen) atoms. The van der Waals surface area contributed by atoms with Crippen molar-refractivity contribution in [3.63, 3.8) is 0 Å². The molecule has 0 heterocycles. The van der Waals surface area contributed by atoms with Crippen LogP contribution in [0.2, 0.25) is 0 Å². The number of alkyl halides is 2. The van der Waals surface area contributed by atoms with E-state index in [1.807, 2.05) is 0 Å². The Morgan fingerprint density at radius 3 is 2.45 bits per heavy atom. The quantitative estimate of drug-likeness (QED) is 0.511. The van der Waals surface area contributed by atoms with Crippen molar-refractivity contribution in [1.82, 2.24) is 5.32 Å². The molecule has 1 N–H and O–H groups in total. The Bertz CT molecular complexity index is 866. The Kier molecular flexibility index (Phi) is 8.14. The van der Waals surface area contributed by atoms with E-state index in [1.165, 1.54) is 38.5 Å². The molecule has 0 aliphatic carbocycles. The largest absolute Gasteiger partial charge is 0.493 e. The summed E-state index contributed by atoms with van der Waals surface area (Å²) in [7, 11) is 2.65. The van der Waals surface area contributed by atoms with Crippen LogP contribution in [0, 0.1) is 0 Å². The monoisotopic (exact) mass is 405 g/mol. The molecule has 0 radical (unpaired) electrons. The van der Waals surface area contributed by atoms with E-state index in [4.69, 9.17) is 4.74 Å². The Morgan fingerprint density at radius 1 is 1.10 bits per heavy atom. The molecule has 2 aromatic carbocycles. The third kappa shape index (κ3) is 6.60. The van der Waals surface area contributed by atoms with Gasteiger partial charge in [0.05, 0.1) is 19.8 Å². The summed E-state index contributed by atoms with van der Waals surface area (Å²) in [6.07, 6.45) is 3.16. The summed E-state index contributed by atoms with van der Waals surface area (Å²) in [4.78, 5) is 23.4. The SMILES string of the molecule is COC(=O)c1ccc(CCNC(=O)/C=C/c2cccc(OC)c2OC(F)F)cc1. The van der Waals surface area contributed by atoms with Crippen LogP contribution in [-0.4, -0.2) is 39.3 Å². The third-order valence-electron chi connectivity index (χ3n) is 3.94. The highest BCUT2D eigenvalue weighted by Crippen LogP contribution is 2.33. The van der Waals surface area contributed by atoms with Gasteiger partial charge in [-0.25, -0.2) is 4.79 Å². The number of nitrogens with one attached hydrogen (secondary N) is 1. The molecule has 0 spiro atoms. The topological polar surface area (TPSA) is 73.9 Å². The zero-order valence-electron chi connectivity index (χ0n) is 16.0. The van der Waals surface area contributed by atoms with Crippen LogP contribution in [0.25, 0.3) is 6.08 Å². The molecule has 0 atom stereocenters. The van der Waals surface area contributed by atoms with Crippen molar-refractivity contribution in [3.8, 4) is 11.5 Å². The van der Waals surface area contributed by atoms with Gasteiger partial charge >= 0.3 is 12.6 Å². The molecule has 154 valence electrons. The highest BCUT2D eigenvalue weighted by atomic mass is 19.3. The van der Waals surface area contributed by atoms with Crippen LogP contribution >= 0.6 is 0 Å². The van der Waals surface area contributed by atoms with Crippen LogP contribution in [0.5, 0.6) is 11.5 Å². The maximum absolute atomic E-state index is 12.6. The molecule has 8 heteroatoms. The molecule has 0 unspecified atom stereocenters. The zero-order valence-corrected chi connectivity index (χ0v) is 16.0. The average molecular weight is 405 g/mol. The van der Waals surface area contributed by atoms with Gasteiger partial charge in [-0.15, -0.1) is 0 Å². The molecule has 6 nitrogen and oxygen atoms in total. The summed E-state index contributed by atoms with van der Waals surface area (Å²) in [5.41, 5.74) is 1.67. The number of methoxy groups -OCH3 is 2. The van der Waals surface area contributed by atoms with Crippen LogP contribution in [0.3, 0.4) is 0 Å². The summed E-state index contributed by atoms with van der Waals surface area (Å²) in [6.45, 7) is -2.66. The number of ether oxygens (including phenoxy) is 3. The normalized spacial score (nSPS) is 10.8. The number of carbonyl (C=O) groups excluding carboxylic acids is 2. The van der Waals surface area contributed by atoms with Crippen molar-refractivity contribution in [2.24, 2.45) is 0 Å². The molecule has 1 amide bonds. The number of carbonyl (C=O) groups is 2. The molecule has 0 aromatic heterocycles. The van der Waals surface area contributed by atoms with Crippen molar-refractivity contribution in [2.45, 2.75) is 13.0 Å². The van der Waals surface area contributed by atoms with Gasteiger partial charge in [0, 0.05) is 18.2 Å². The standard InChI is InChI=1S/C21H21F2NO5/c1-27-17-5-3-4-15(19(17)29-21(22)23)10-11-18(25)24-13-12-14-6-8-16(9-7-14)20(26)28-2/h3-11,21H,12-13H2,1-2H3,(H,24,25)/b11-10+. The Labute approximate surface area is 167 Å². The summed E-state index contributed by atoms with van der Waals surface area (Å²) in [6, 6.07) is 11.5. The molecule has 0 fully saturated rings. The van der Waals surface area contributed by atoms with Gasteiger partial charge in [0.25, 0.3) is 0 Å². The predicted molar refractivity (Wildman–Crippen MR) is 103 cm³/mol. The number of halogens is 2. The molecule has 2 rings (SSSR count). The highest BCUT2D eigenvalue weighted by Gasteiger charge is 2.14. The maximum atomic E-state index is 12.6. The molecular formula is C21H21F2NO5. The Hall–Kier alpha value is -3.42. The summed E-state index contributed by atoms with van der Waals surface area (Å²) in [5, 5.41) is 2.70. The second-order valence-corrected chi connectivity index (χ2v) is 5.82. The lowest BCUT2D eigenvalue weighted by atomic mass is 10.1. The highest BCUT2D eigenvalue weighted by molar-refractivity contribution is 5.92. The first-order valence-electron chi connectivity index (χ1n) is 8.69. The first kappa shape index (κ1) is 21.9. The van der Waals surface area contributed by atoms with Gasteiger partial charge in [0.2, 0.25) is 5.91 Å². The number of esters is 1. The lowest BCUT2D eigenvalue weighted by Gasteiger charge is -2.12. The number of hydrogen-bond acceptors (Lipinski definition) is 5. The van der Waals surface area contributed by atoms with Crippen molar-refractivity contribution < 1.29 is 32.6 Å². The minimum Gasteiger partial charge on any atom is -0.493 e. The van der Waals surface area contributed by atoms with Gasteiger partial charge in [-0.1, -0.05) is 24.3 Å². The summed E-state index contributed by atoms with van der Waals surface area (Å²) < 4.78 is 39.4. The third-order valence-corrected chi connectivity index (χ3v) is 3.94. The van der Waals surface area contributed by atoms with Crippen LogP contribution in [0.1, 0.15) is 21.5 Å². The Balaban J connectivity index is 1.92. The number of para-hydroxylation sites is 1. The van der Waals surface area contributed by atoms with E-state index in [9.17, 15) is 18.4 Å². The van der Waals surface area contributed by atoms with E-state index in [1.54, 1.807) is 30.3 Å². The van der Waals surface area contributed by atoms with Crippen LogP contribution in [0.15, 0.2) is 48.5 Å². The van der Waals surface area contributed by atoms with E-state index in [2.05, 4.69) is 14.8 Å². The fourth-order valence-corrected chi connectivity index (χ4v) is 2.52. The number of amides is 1. The van der Waals surface area contributed by atoms with Gasteiger partial charge < -0.3 is 19.5 Å². The van der Waals surface area contributed by atoms with Gasteiger partial charge in [0.1, 0.15) is 0 Å². The van der Waals surface area contributed by atoms with Gasteiger partial charge in [-0.05, 0) is 36.3 Å². The van der Waals surface area contributed by atoms with Crippen LogP contribution in [-0.2, 0) is 16.0 Å². The summed E-state index contributed by atoms with van der Waals surface area (Å²) >= 11 is 0. The van der Waals surface area contributed by atoms with Crippen molar-refractivity contribution in [2.75, 3.05) is 20.8 Å². The van der Waals surface area contributed by atoms with Crippen molar-refractivity contribution >= 4 is 18.0 Å². The fraction of sp³-hybridized carbons (Fsp3) is 0.238. The molecule has 0 aliphatic heterocycles. The second kappa shape index (κ2) is 10.8. The average Bonchev–Trinajstić information content (AvgIpc) is 2.72. The first-order valence-corrected chi connectivity index (χ1v) is 8.69. The molecule has 0 saturated heterocycles. The van der Waals surface area contributed by atoms with Crippen LogP contribution < -0.4 is 14.8 Å². The molecule has 0 saturated carbocycles. The molecular weight excluding hydrogens is 384 g/mol. The van der Waals surface area contributed by atoms with Gasteiger partial charge in [-0.3, -0.25) is 4.79 Å². The molecule has 2 aromatic rings. The lowest BCUT2D eigenvalue weighted by molar-refractivity contribution is -0.116. The summed E-state index contributed by atoms with van der Waals surface area (Å²) in [5.74, 6) is -0.798. The van der Waals surface area contributed by atoms with E-state index in [0.29, 0.717) is 18.5 Å². The zero-order chi connectivity index (χ0) is 21.2. The lowest BCUT2D eigenvalue weighted by Crippen LogP contribution is -2.23. The number of benzene rings is 2. The molecule has 0 bridgehead atoms.